The van der Waals surface area contributed by atoms with Gasteiger partial charge in [-0.2, -0.15) is 0 Å². The second-order valence-electron chi connectivity index (χ2n) is 1.73. The number of nitrogens with two attached hydrogens (primary N) is 2. The maximum Gasteiger partial charge on any atom is 0.319 e. The highest BCUT2D eigenvalue weighted by atomic mass is 33.1. The number of rotatable bonds is 3. The molecule has 9 heteroatoms. The Labute approximate surface area is 83.2 Å². The molecule has 0 bridgehead atoms. The number of hydrogen-bond donors (Lipinski definition) is 2. The molecular formula is C3H8N3O2PS3. The van der Waals surface area contributed by atoms with Gasteiger partial charge in [0.2, 0.25) is 0 Å². The molecule has 0 aromatic carbocycles. The van der Waals surface area contributed by atoms with Crippen LogP contribution < -0.4 is 10.3 Å². The van der Waals surface area contributed by atoms with Gasteiger partial charge in [-0.05, 0) is 6.08 Å². The van der Waals surface area contributed by atoms with Gasteiger partial charge in [0.05, 0.1) is 6.61 Å². The van der Waals surface area contributed by atoms with E-state index in [1.807, 2.05) is 0 Å². The summed E-state index contributed by atoms with van der Waals surface area (Å²) in [6.45, 7) is 0.506. The third-order valence-electron chi connectivity index (χ3n) is 1.03. The molecule has 4 N–H and O–H groups in total. The predicted molar refractivity (Wildman–Crippen MR) is 55.7 cm³/mol. The van der Waals surface area contributed by atoms with Crippen molar-refractivity contribution < 1.29 is 8.75 Å². The van der Waals surface area contributed by atoms with Crippen LogP contribution in [-0.2, 0) is 8.75 Å². The van der Waals surface area contributed by atoms with Crippen molar-refractivity contribution in [2.75, 3.05) is 6.61 Å². The first-order valence-electron chi connectivity index (χ1n) is 2.86. The highest BCUT2D eigenvalue weighted by Crippen LogP contribution is 2.69. The first-order chi connectivity index (χ1) is 5.73. The molecule has 5 nitrogen and oxygen atoms in total. The van der Waals surface area contributed by atoms with Gasteiger partial charge in [-0.25, -0.2) is 4.08 Å². The Morgan fingerprint density at radius 1 is 1.58 bits per heavy atom. The zero-order valence-corrected chi connectivity index (χ0v) is 9.30. The van der Waals surface area contributed by atoms with Gasteiger partial charge >= 0.3 is 5.70 Å². The summed E-state index contributed by atoms with van der Waals surface area (Å²) >= 11 is 2.49. The molecule has 1 rings (SSSR count). The van der Waals surface area contributed by atoms with Crippen LogP contribution in [0, 0.1) is 0 Å². The van der Waals surface area contributed by atoms with Crippen molar-refractivity contribution in [1.29, 1.82) is 0 Å². The standard InChI is InChI=1S/C3H8N3O2PS3/c4-10-9(7,11-5)6-2-1-3-8-12-6/h1-2H,3-5H2. The van der Waals surface area contributed by atoms with Crippen LogP contribution in [0.25, 0.3) is 0 Å². The van der Waals surface area contributed by atoms with E-state index in [0.29, 0.717) is 6.61 Å². The number of nitrogens with zero attached hydrogens (tertiary/aromatic N) is 1. The van der Waals surface area contributed by atoms with Crippen LogP contribution in [-0.4, -0.2) is 10.7 Å². The molecule has 0 aromatic heterocycles. The fourth-order valence-electron chi connectivity index (χ4n) is 0.522. The van der Waals surface area contributed by atoms with Crippen LogP contribution >= 0.6 is 41.1 Å². The fraction of sp³-hybridized carbons (Fsp3) is 0.333. The van der Waals surface area contributed by atoms with Crippen molar-refractivity contribution in [2.24, 2.45) is 10.3 Å². The lowest BCUT2D eigenvalue weighted by Gasteiger charge is -2.25. The molecule has 0 fully saturated rings. The van der Waals surface area contributed by atoms with Gasteiger partial charge in [-0.15, -0.1) is 0 Å². The predicted octanol–water partition coefficient (Wildman–Crippen LogP) is 1.72. The molecule has 0 saturated carbocycles. The molecule has 0 atom stereocenters. The van der Waals surface area contributed by atoms with E-state index in [4.69, 9.17) is 14.5 Å². The summed E-state index contributed by atoms with van der Waals surface area (Å²) in [6.07, 6.45) is 3.41. The van der Waals surface area contributed by atoms with Crippen molar-refractivity contribution >= 4 is 41.1 Å². The molecule has 70 valence electrons. The van der Waals surface area contributed by atoms with Gasteiger partial charge in [-0.3, -0.25) is 19.0 Å². The van der Waals surface area contributed by atoms with Gasteiger partial charge < -0.3 is 0 Å². The third kappa shape index (κ3) is 2.35. The third-order valence-corrected chi connectivity index (χ3v) is 8.41. The quantitative estimate of drug-likeness (QED) is 0.442. The minimum absolute atomic E-state index is 0.506. The summed E-state index contributed by atoms with van der Waals surface area (Å²) in [5.41, 5.74) is -2.78. The summed E-state index contributed by atoms with van der Waals surface area (Å²) in [4.78, 5) is 0. The summed E-state index contributed by atoms with van der Waals surface area (Å²) in [7, 11) is 0. The van der Waals surface area contributed by atoms with Crippen molar-refractivity contribution in [3.8, 4) is 0 Å². The first kappa shape index (κ1) is 10.8. The van der Waals surface area contributed by atoms with Crippen LogP contribution in [0.3, 0.4) is 0 Å². The molecule has 0 spiro atoms. The van der Waals surface area contributed by atoms with Gasteiger partial charge in [0.1, 0.15) is 12.2 Å². The molecule has 0 amide bonds. The maximum absolute atomic E-state index is 11.8. The van der Waals surface area contributed by atoms with E-state index in [-0.39, 0.29) is 0 Å². The average Bonchev–Trinajstić information content (AvgIpc) is 2.18. The molecular weight excluding hydrogens is 237 g/mol. The minimum atomic E-state index is -2.78. The van der Waals surface area contributed by atoms with Crippen molar-refractivity contribution in [3.63, 3.8) is 0 Å². The highest BCUT2D eigenvalue weighted by Gasteiger charge is 2.30. The normalized spacial score (nSPS) is 18.3. The topological polar surface area (TPSA) is 81.6 Å². The molecule has 1 aliphatic rings. The molecule has 0 unspecified atom stereocenters. The Balaban J connectivity index is 2.71. The van der Waals surface area contributed by atoms with Gasteiger partial charge in [-0.1, -0.05) is 0 Å². The lowest BCUT2D eigenvalue weighted by Crippen LogP contribution is -2.08. The lowest BCUT2D eigenvalue weighted by molar-refractivity contribution is 0.405. The van der Waals surface area contributed by atoms with Crippen LogP contribution in [0.1, 0.15) is 0 Å². The second kappa shape index (κ2) is 4.80. The van der Waals surface area contributed by atoms with E-state index in [2.05, 4.69) is 0 Å². The van der Waals surface area contributed by atoms with Gasteiger partial charge in [0.15, 0.2) is 0 Å². The molecule has 0 aliphatic carbocycles. The maximum atomic E-state index is 11.8. The van der Waals surface area contributed by atoms with Crippen molar-refractivity contribution in [1.82, 2.24) is 4.08 Å². The summed E-state index contributed by atoms with van der Waals surface area (Å²) in [6, 6.07) is 0. The largest absolute Gasteiger partial charge is 0.319 e. The lowest BCUT2D eigenvalue weighted by atomic mass is 10.7. The monoisotopic (exact) mass is 245 g/mol. The van der Waals surface area contributed by atoms with E-state index in [0.717, 1.165) is 35.4 Å². The number of hydrogen-bond acceptors (Lipinski definition) is 7. The van der Waals surface area contributed by atoms with Gasteiger partial charge in [0, 0.05) is 29.3 Å². The Kier molecular flexibility index (Phi) is 4.31. The van der Waals surface area contributed by atoms with E-state index < -0.39 is 5.70 Å². The first-order valence-corrected chi connectivity index (χ1v) is 8.18. The smallest absolute Gasteiger partial charge is 0.292 e. The van der Waals surface area contributed by atoms with E-state index >= 15 is 0 Å². The van der Waals surface area contributed by atoms with E-state index in [9.17, 15) is 4.57 Å². The van der Waals surface area contributed by atoms with Crippen LogP contribution in [0.15, 0.2) is 12.3 Å². The zero-order valence-electron chi connectivity index (χ0n) is 5.95. The van der Waals surface area contributed by atoms with Crippen LogP contribution in [0.2, 0.25) is 0 Å². The summed E-state index contributed by atoms with van der Waals surface area (Å²) in [5, 5.41) is 10.5. The van der Waals surface area contributed by atoms with Crippen molar-refractivity contribution in [2.45, 2.75) is 0 Å². The van der Waals surface area contributed by atoms with E-state index in [1.165, 1.54) is 4.08 Å². The Morgan fingerprint density at radius 3 is 2.67 bits per heavy atom. The fourth-order valence-corrected chi connectivity index (χ4v) is 4.53. The zero-order chi connectivity index (χ0) is 9.03. The summed E-state index contributed by atoms with van der Waals surface area (Å²) < 4.78 is 18.2. The Hall–Kier alpha value is 0.700. The molecule has 0 radical (unpaired) electrons. The second-order valence-corrected chi connectivity index (χ2v) is 9.49. The Morgan fingerprint density at radius 2 is 2.25 bits per heavy atom. The Bertz CT molecular complexity index is 217. The minimum Gasteiger partial charge on any atom is -0.292 e. The molecule has 1 heterocycles. The molecule has 0 saturated heterocycles. The van der Waals surface area contributed by atoms with Gasteiger partial charge in [0.25, 0.3) is 0 Å². The molecule has 12 heavy (non-hydrogen) atoms. The van der Waals surface area contributed by atoms with Crippen molar-refractivity contribution in [3.05, 3.63) is 12.3 Å². The summed E-state index contributed by atoms with van der Waals surface area (Å²) in [5.74, 6) is 0. The highest BCUT2D eigenvalue weighted by molar-refractivity contribution is 8.89. The van der Waals surface area contributed by atoms with Crippen LogP contribution in [0.5, 0.6) is 0 Å². The SMILES string of the molecule is NSP(=O)(SN)N1C=CCOS1. The molecule has 1 aliphatic heterocycles. The van der Waals surface area contributed by atoms with E-state index in [1.54, 1.807) is 12.3 Å². The molecule has 0 aromatic rings. The van der Waals surface area contributed by atoms with Crippen LogP contribution in [0.4, 0.5) is 0 Å². The average molecular weight is 245 g/mol.